The van der Waals surface area contributed by atoms with Gasteiger partial charge in [0, 0.05) is 27.5 Å². The van der Waals surface area contributed by atoms with Gasteiger partial charge < -0.3 is 0 Å². The average molecular weight is 590 g/mol. The minimum Gasteiger partial charge on any atom is -0.245 e. The van der Waals surface area contributed by atoms with Crippen LogP contribution in [-0.4, -0.2) is 15.0 Å². The molecule has 9 aromatic rings. The van der Waals surface area contributed by atoms with E-state index in [1.165, 1.54) is 37.7 Å². The van der Waals surface area contributed by atoms with Gasteiger partial charge in [-0.2, -0.15) is 0 Å². The third kappa shape index (κ3) is 3.79. The fraction of sp³-hybridized carbons (Fsp3) is 0. The van der Waals surface area contributed by atoms with Gasteiger partial charge in [0.25, 0.3) is 0 Å². The molecule has 0 saturated heterocycles. The standard InChI is InChI=1S/C41H23N3S/c1-2-13-37-36(12-1)44-41(45-37)29-9-3-8-27(22-29)34-20-17-25-14-15-26-18-21-35(43-40(26)39(25)42-34)28-16-19-30-31-10-4-6-24-7-5-11-32(38(24)31)33(30)23-28/h1-23H. The minimum atomic E-state index is 0.913. The van der Waals surface area contributed by atoms with E-state index in [0.29, 0.717) is 0 Å². The number of rotatable bonds is 3. The van der Waals surface area contributed by atoms with Gasteiger partial charge >= 0.3 is 0 Å². The van der Waals surface area contributed by atoms with Crippen LogP contribution in [-0.2, 0) is 0 Å². The Kier molecular flexibility index (Phi) is 5.16. The minimum absolute atomic E-state index is 0.913. The molecule has 10 rings (SSSR count). The molecule has 3 heterocycles. The van der Waals surface area contributed by atoms with Crippen molar-refractivity contribution in [2.45, 2.75) is 0 Å². The van der Waals surface area contributed by atoms with Crippen molar-refractivity contribution in [2.24, 2.45) is 0 Å². The quantitative estimate of drug-likeness (QED) is 0.192. The number of aromatic nitrogens is 3. The van der Waals surface area contributed by atoms with Crippen LogP contribution in [0.3, 0.4) is 0 Å². The van der Waals surface area contributed by atoms with Crippen LogP contribution in [0.1, 0.15) is 0 Å². The van der Waals surface area contributed by atoms with Gasteiger partial charge in [-0.1, -0.05) is 103 Å². The molecule has 0 radical (unpaired) electrons. The number of benzene rings is 6. The zero-order chi connectivity index (χ0) is 29.5. The summed E-state index contributed by atoms with van der Waals surface area (Å²) in [5.74, 6) is 0. The number of hydrogen-bond donors (Lipinski definition) is 0. The predicted octanol–water partition coefficient (Wildman–Crippen LogP) is 11.2. The van der Waals surface area contributed by atoms with E-state index in [1.54, 1.807) is 11.3 Å². The van der Waals surface area contributed by atoms with Crippen LogP contribution >= 0.6 is 11.3 Å². The van der Waals surface area contributed by atoms with E-state index < -0.39 is 0 Å². The van der Waals surface area contributed by atoms with E-state index in [9.17, 15) is 0 Å². The topological polar surface area (TPSA) is 38.7 Å². The van der Waals surface area contributed by atoms with Crippen molar-refractivity contribution in [1.29, 1.82) is 0 Å². The summed E-state index contributed by atoms with van der Waals surface area (Å²) in [4.78, 5) is 15.3. The second kappa shape index (κ2) is 9.39. The Labute approximate surface area is 263 Å². The first-order chi connectivity index (χ1) is 22.3. The third-order valence-electron chi connectivity index (χ3n) is 9.02. The maximum atomic E-state index is 5.25. The molecule has 45 heavy (non-hydrogen) atoms. The average Bonchev–Trinajstić information content (AvgIpc) is 3.69. The molecule has 1 aliphatic rings. The smallest absolute Gasteiger partial charge is 0.124 e. The van der Waals surface area contributed by atoms with Crippen molar-refractivity contribution in [3.05, 3.63) is 140 Å². The van der Waals surface area contributed by atoms with E-state index in [1.807, 2.05) is 6.07 Å². The van der Waals surface area contributed by atoms with Gasteiger partial charge in [0.05, 0.1) is 32.6 Å². The molecule has 0 saturated carbocycles. The predicted molar refractivity (Wildman–Crippen MR) is 188 cm³/mol. The second-order valence-corrected chi connectivity index (χ2v) is 12.7. The van der Waals surface area contributed by atoms with Gasteiger partial charge in [0.1, 0.15) is 5.01 Å². The van der Waals surface area contributed by atoms with E-state index in [2.05, 4.69) is 133 Å². The molecule has 6 aromatic carbocycles. The maximum absolute atomic E-state index is 5.25. The number of pyridine rings is 2. The van der Waals surface area contributed by atoms with E-state index in [4.69, 9.17) is 15.0 Å². The van der Waals surface area contributed by atoms with Crippen molar-refractivity contribution in [2.75, 3.05) is 0 Å². The molecule has 0 aliphatic heterocycles. The summed E-state index contributed by atoms with van der Waals surface area (Å²) in [5.41, 5.74) is 13.2. The normalized spacial score (nSPS) is 12.0. The first kappa shape index (κ1) is 24.7. The van der Waals surface area contributed by atoms with Crippen LogP contribution < -0.4 is 0 Å². The molecule has 3 aromatic heterocycles. The molecule has 4 heteroatoms. The molecule has 0 unspecified atom stereocenters. The van der Waals surface area contributed by atoms with Crippen molar-refractivity contribution in [1.82, 2.24) is 15.0 Å². The van der Waals surface area contributed by atoms with Crippen molar-refractivity contribution in [3.63, 3.8) is 0 Å². The Hall–Kier alpha value is -5.71. The Morgan fingerprint density at radius 1 is 0.400 bits per heavy atom. The van der Waals surface area contributed by atoms with Crippen LogP contribution in [0.15, 0.2) is 140 Å². The summed E-state index contributed by atoms with van der Waals surface area (Å²) < 4.78 is 1.19. The molecular formula is C41H23N3S. The Morgan fingerprint density at radius 2 is 1.04 bits per heavy atom. The summed E-state index contributed by atoms with van der Waals surface area (Å²) in [5, 5.41) is 5.80. The number of nitrogens with zero attached hydrogens (tertiary/aromatic N) is 3. The van der Waals surface area contributed by atoms with Crippen LogP contribution in [0.2, 0.25) is 0 Å². The summed E-state index contributed by atoms with van der Waals surface area (Å²) in [6.45, 7) is 0. The molecule has 3 nitrogen and oxygen atoms in total. The van der Waals surface area contributed by atoms with Crippen LogP contribution in [0.4, 0.5) is 0 Å². The zero-order valence-electron chi connectivity index (χ0n) is 24.0. The molecule has 0 amide bonds. The van der Waals surface area contributed by atoms with Gasteiger partial charge in [0.2, 0.25) is 0 Å². The van der Waals surface area contributed by atoms with Gasteiger partial charge in [-0.15, -0.1) is 11.3 Å². The molecule has 0 bridgehead atoms. The zero-order valence-corrected chi connectivity index (χ0v) is 24.8. The highest BCUT2D eigenvalue weighted by Gasteiger charge is 2.21. The highest BCUT2D eigenvalue weighted by Crippen LogP contribution is 2.48. The molecule has 0 N–H and O–H groups in total. The molecule has 0 spiro atoms. The summed E-state index contributed by atoms with van der Waals surface area (Å²) in [6, 6.07) is 49.6. The van der Waals surface area contributed by atoms with Crippen LogP contribution in [0.5, 0.6) is 0 Å². The number of fused-ring (bicyclic) bond motifs is 7. The first-order valence-corrected chi connectivity index (χ1v) is 15.9. The van der Waals surface area contributed by atoms with E-state index >= 15 is 0 Å². The lowest BCUT2D eigenvalue weighted by Gasteiger charge is -2.10. The van der Waals surface area contributed by atoms with Gasteiger partial charge in [-0.05, 0) is 69.4 Å². The summed E-state index contributed by atoms with van der Waals surface area (Å²) >= 11 is 1.72. The highest BCUT2D eigenvalue weighted by atomic mass is 32.1. The molecule has 208 valence electrons. The fourth-order valence-corrected chi connectivity index (χ4v) is 7.81. The summed E-state index contributed by atoms with van der Waals surface area (Å²) in [6.07, 6.45) is 0. The molecular weight excluding hydrogens is 567 g/mol. The van der Waals surface area contributed by atoms with Gasteiger partial charge in [0.15, 0.2) is 0 Å². The van der Waals surface area contributed by atoms with Gasteiger partial charge in [-0.25, -0.2) is 15.0 Å². The SMILES string of the molecule is c1cc(-c2ccc3ccc4ccc(-c5ccc6c(c5)-c5cccc7cccc-6c57)nc4c3n2)cc(-c2nc3ccccc3s2)c1. The number of thiazole rings is 1. The van der Waals surface area contributed by atoms with E-state index in [-0.39, 0.29) is 0 Å². The Morgan fingerprint density at radius 3 is 1.80 bits per heavy atom. The van der Waals surface area contributed by atoms with E-state index in [0.717, 1.165) is 60.4 Å². The lowest BCUT2D eigenvalue weighted by Crippen LogP contribution is -1.91. The highest BCUT2D eigenvalue weighted by molar-refractivity contribution is 7.21. The Bertz CT molecular complexity index is 2630. The monoisotopic (exact) mass is 589 g/mol. The second-order valence-electron chi connectivity index (χ2n) is 11.6. The first-order valence-electron chi connectivity index (χ1n) is 15.1. The van der Waals surface area contributed by atoms with Gasteiger partial charge in [-0.3, -0.25) is 0 Å². The van der Waals surface area contributed by atoms with Crippen LogP contribution in [0, 0.1) is 0 Å². The molecule has 0 fully saturated rings. The van der Waals surface area contributed by atoms with Crippen LogP contribution in [0.25, 0.3) is 98.1 Å². The largest absolute Gasteiger partial charge is 0.245 e. The lowest BCUT2D eigenvalue weighted by atomic mass is 9.99. The van der Waals surface area contributed by atoms with Crippen molar-refractivity contribution < 1.29 is 0 Å². The third-order valence-corrected chi connectivity index (χ3v) is 10.1. The van der Waals surface area contributed by atoms with Crippen molar-refractivity contribution >= 4 is 54.1 Å². The summed E-state index contributed by atoms with van der Waals surface area (Å²) in [7, 11) is 0. The Balaban J connectivity index is 1.09. The maximum Gasteiger partial charge on any atom is 0.124 e. The molecule has 1 aliphatic carbocycles. The fourth-order valence-electron chi connectivity index (χ4n) is 6.85. The number of para-hydroxylation sites is 1. The number of hydrogen-bond acceptors (Lipinski definition) is 4. The lowest BCUT2D eigenvalue weighted by molar-refractivity contribution is 1.36. The van der Waals surface area contributed by atoms with Crippen molar-refractivity contribution in [3.8, 4) is 55.3 Å². The molecule has 0 atom stereocenters.